The fourth-order valence-electron chi connectivity index (χ4n) is 2.21. The third-order valence-electron chi connectivity index (χ3n) is 3.36. The number of carbonyl (C=O) groups excluding carboxylic acids is 1. The van der Waals surface area contributed by atoms with E-state index < -0.39 is 0 Å². The van der Waals surface area contributed by atoms with Crippen LogP contribution in [0.15, 0.2) is 55.0 Å². The minimum Gasteiger partial charge on any atom is -0.339 e. The molecule has 7 heteroatoms. The van der Waals surface area contributed by atoms with Crippen molar-refractivity contribution >= 4 is 17.5 Å². The lowest BCUT2D eigenvalue weighted by atomic mass is 10.0. The molecule has 2 aromatic heterocycles. The molecule has 3 rings (SSSR count). The maximum absolute atomic E-state index is 12.4. The van der Waals surface area contributed by atoms with Gasteiger partial charge in [-0.25, -0.2) is 0 Å². The summed E-state index contributed by atoms with van der Waals surface area (Å²) in [6.45, 7) is 0. The van der Waals surface area contributed by atoms with Crippen LogP contribution in [0.1, 0.15) is 27.7 Å². The Morgan fingerprint density at radius 1 is 1.17 bits per heavy atom. The first kappa shape index (κ1) is 15.2. The molecule has 0 saturated carbocycles. The van der Waals surface area contributed by atoms with E-state index in [-0.39, 0.29) is 11.9 Å². The van der Waals surface area contributed by atoms with Gasteiger partial charge in [0.25, 0.3) is 5.91 Å². The Labute approximate surface area is 138 Å². The number of hydrogen-bond acceptors (Lipinski definition) is 4. The molecular formula is C16H14ClN5O. The second-order valence-corrected chi connectivity index (χ2v) is 5.44. The molecular weight excluding hydrogens is 314 g/mol. The van der Waals surface area contributed by atoms with Gasteiger partial charge in [0, 0.05) is 18.3 Å². The highest BCUT2D eigenvalue weighted by molar-refractivity contribution is 6.30. The highest BCUT2D eigenvalue weighted by Gasteiger charge is 2.20. The van der Waals surface area contributed by atoms with Crippen LogP contribution >= 0.6 is 11.6 Å². The molecule has 2 heterocycles. The number of rotatable bonds is 4. The summed E-state index contributed by atoms with van der Waals surface area (Å²) in [6.07, 6.45) is 4.73. The lowest BCUT2D eigenvalue weighted by Crippen LogP contribution is -2.29. The molecule has 0 radical (unpaired) electrons. The van der Waals surface area contributed by atoms with Crippen LogP contribution in [-0.4, -0.2) is 25.9 Å². The molecule has 23 heavy (non-hydrogen) atoms. The Morgan fingerprint density at radius 3 is 2.57 bits per heavy atom. The van der Waals surface area contributed by atoms with Crippen LogP contribution in [0, 0.1) is 0 Å². The van der Waals surface area contributed by atoms with Crippen molar-refractivity contribution in [1.29, 1.82) is 0 Å². The summed E-state index contributed by atoms with van der Waals surface area (Å²) in [5.74, 6) is -0.245. The molecule has 0 aliphatic rings. The van der Waals surface area contributed by atoms with Crippen molar-refractivity contribution in [3.63, 3.8) is 0 Å². The van der Waals surface area contributed by atoms with E-state index in [2.05, 4.69) is 20.6 Å². The molecule has 0 aliphatic carbocycles. The Morgan fingerprint density at radius 2 is 1.96 bits per heavy atom. The second-order valence-electron chi connectivity index (χ2n) is 5.00. The highest BCUT2D eigenvalue weighted by Crippen LogP contribution is 2.22. The predicted molar refractivity (Wildman–Crippen MR) is 86.0 cm³/mol. The fourth-order valence-corrected chi connectivity index (χ4v) is 2.34. The minimum atomic E-state index is -0.380. The van der Waals surface area contributed by atoms with Crippen molar-refractivity contribution in [2.45, 2.75) is 6.04 Å². The van der Waals surface area contributed by atoms with Crippen LogP contribution in [0.2, 0.25) is 5.02 Å². The topological polar surface area (TPSA) is 72.7 Å². The van der Waals surface area contributed by atoms with Gasteiger partial charge >= 0.3 is 0 Å². The van der Waals surface area contributed by atoms with Crippen LogP contribution in [-0.2, 0) is 7.05 Å². The lowest BCUT2D eigenvalue weighted by Gasteiger charge is -2.17. The van der Waals surface area contributed by atoms with E-state index in [9.17, 15) is 4.79 Å². The summed E-state index contributed by atoms with van der Waals surface area (Å²) in [5, 5.41) is 15.4. The van der Waals surface area contributed by atoms with Gasteiger partial charge in [-0.1, -0.05) is 23.7 Å². The van der Waals surface area contributed by atoms with Crippen molar-refractivity contribution in [3.8, 4) is 0 Å². The summed E-state index contributed by atoms with van der Waals surface area (Å²) in [6, 6.07) is 10.4. The van der Waals surface area contributed by atoms with Crippen LogP contribution in [0.25, 0.3) is 0 Å². The van der Waals surface area contributed by atoms with E-state index in [1.807, 2.05) is 31.4 Å². The second kappa shape index (κ2) is 6.58. The first-order valence-electron chi connectivity index (χ1n) is 6.96. The van der Waals surface area contributed by atoms with E-state index in [1.54, 1.807) is 22.9 Å². The monoisotopic (exact) mass is 327 g/mol. The zero-order valence-electron chi connectivity index (χ0n) is 12.3. The normalized spacial score (nSPS) is 11.9. The zero-order valence-corrected chi connectivity index (χ0v) is 13.1. The number of amides is 1. The molecule has 0 aliphatic heterocycles. The lowest BCUT2D eigenvalue weighted by molar-refractivity contribution is 0.0941. The number of aryl methyl sites for hydroxylation is 1. The summed E-state index contributed by atoms with van der Waals surface area (Å²) < 4.78 is 1.69. The number of hydrogen-bond donors (Lipinski definition) is 1. The van der Waals surface area contributed by atoms with Crippen LogP contribution in [0.5, 0.6) is 0 Å². The van der Waals surface area contributed by atoms with E-state index in [0.717, 1.165) is 11.3 Å². The van der Waals surface area contributed by atoms with Crippen LogP contribution in [0.3, 0.4) is 0 Å². The van der Waals surface area contributed by atoms with Gasteiger partial charge in [0.05, 0.1) is 29.7 Å². The van der Waals surface area contributed by atoms with Gasteiger partial charge < -0.3 is 5.32 Å². The SMILES string of the molecule is Cn1ccc([C@H](NC(=O)c2ccnnc2)c2ccc(Cl)cc2)n1. The molecule has 1 aromatic carbocycles. The number of nitrogens with zero attached hydrogens (tertiary/aromatic N) is 4. The van der Waals surface area contributed by atoms with Crippen LogP contribution in [0.4, 0.5) is 0 Å². The molecule has 1 amide bonds. The Balaban J connectivity index is 1.92. The quantitative estimate of drug-likeness (QED) is 0.798. The van der Waals surface area contributed by atoms with Crippen molar-refractivity contribution in [2.24, 2.45) is 7.05 Å². The molecule has 6 nitrogen and oxygen atoms in total. The van der Waals surface area contributed by atoms with Gasteiger partial charge in [-0.2, -0.15) is 15.3 Å². The molecule has 0 unspecified atom stereocenters. The molecule has 0 bridgehead atoms. The van der Waals surface area contributed by atoms with Gasteiger partial charge in [0.15, 0.2) is 0 Å². The first-order valence-corrected chi connectivity index (χ1v) is 7.34. The van der Waals surface area contributed by atoms with E-state index in [0.29, 0.717) is 10.6 Å². The summed E-state index contributed by atoms with van der Waals surface area (Å²) in [4.78, 5) is 12.4. The Hall–Kier alpha value is -2.73. The van der Waals surface area contributed by atoms with Gasteiger partial charge in [0.2, 0.25) is 0 Å². The number of nitrogens with one attached hydrogen (secondary N) is 1. The van der Waals surface area contributed by atoms with Gasteiger partial charge in [0.1, 0.15) is 0 Å². The predicted octanol–water partition coefficient (Wildman–Crippen LogP) is 2.38. The molecule has 0 spiro atoms. The molecule has 1 atom stereocenters. The highest BCUT2D eigenvalue weighted by atomic mass is 35.5. The van der Waals surface area contributed by atoms with E-state index in [1.165, 1.54) is 12.4 Å². The minimum absolute atomic E-state index is 0.245. The average Bonchev–Trinajstić information content (AvgIpc) is 3.00. The van der Waals surface area contributed by atoms with Crippen LogP contribution < -0.4 is 5.32 Å². The van der Waals surface area contributed by atoms with Gasteiger partial charge in [-0.15, -0.1) is 0 Å². The molecule has 0 saturated heterocycles. The summed E-state index contributed by atoms with van der Waals surface area (Å²) >= 11 is 5.95. The third-order valence-corrected chi connectivity index (χ3v) is 3.61. The molecule has 0 fully saturated rings. The van der Waals surface area contributed by atoms with Crippen molar-refractivity contribution in [3.05, 3.63) is 76.8 Å². The summed E-state index contributed by atoms with van der Waals surface area (Å²) in [7, 11) is 1.83. The van der Waals surface area contributed by atoms with Gasteiger partial charge in [-0.05, 0) is 29.8 Å². The van der Waals surface area contributed by atoms with Gasteiger partial charge in [-0.3, -0.25) is 9.48 Å². The summed E-state index contributed by atoms with van der Waals surface area (Å²) in [5.41, 5.74) is 2.07. The van der Waals surface area contributed by atoms with Crippen molar-refractivity contribution in [1.82, 2.24) is 25.3 Å². The average molecular weight is 328 g/mol. The number of halogens is 1. The van der Waals surface area contributed by atoms with E-state index >= 15 is 0 Å². The maximum atomic E-state index is 12.4. The molecule has 116 valence electrons. The standard InChI is InChI=1S/C16H14ClN5O/c1-22-9-7-14(21-22)15(11-2-4-13(17)5-3-11)20-16(23)12-6-8-18-19-10-12/h2-10,15H,1H3,(H,20,23)/t15-/m1/s1. The smallest absolute Gasteiger partial charge is 0.253 e. The maximum Gasteiger partial charge on any atom is 0.253 e. The molecule has 3 aromatic rings. The third kappa shape index (κ3) is 3.54. The number of aromatic nitrogens is 4. The Kier molecular flexibility index (Phi) is 4.34. The first-order chi connectivity index (χ1) is 11.1. The van der Waals surface area contributed by atoms with E-state index in [4.69, 9.17) is 11.6 Å². The van der Waals surface area contributed by atoms with Crippen molar-refractivity contribution in [2.75, 3.05) is 0 Å². The van der Waals surface area contributed by atoms with Crippen molar-refractivity contribution < 1.29 is 4.79 Å². The zero-order chi connectivity index (χ0) is 16.2. The molecule has 1 N–H and O–H groups in total. The number of carbonyl (C=O) groups is 1. The number of benzene rings is 1. The fraction of sp³-hybridized carbons (Fsp3) is 0.125. The Bertz CT molecular complexity index is 801. The largest absolute Gasteiger partial charge is 0.339 e.